The van der Waals surface area contributed by atoms with Gasteiger partial charge in [0, 0.05) is 18.2 Å². The number of hydrogen-bond acceptors (Lipinski definition) is 8. The topological polar surface area (TPSA) is 122 Å². The van der Waals surface area contributed by atoms with E-state index < -0.39 is 37.5 Å². The van der Waals surface area contributed by atoms with Crippen LogP contribution >= 0.6 is 11.3 Å². The van der Waals surface area contributed by atoms with Crippen LogP contribution < -0.4 is 26.9 Å². The number of amides is 1. The minimum Gasteiger partial charge on any atom is -0.404 e. The van der Waals surface area contributed by atoms with Crippen LogP contribution in [0.1, 0.15) is 81.7 Å². The van der Waals surface area contributed by atoms with Crippen molar-refractivity contribution < 1.29 is 18.3 Å². The number of benzene rings is 3. The zero-order chi connectivity index (χ0) is 40.8. The molecular formula is C44H49FN6O5SSi. The molecule has 302 valence electrons. The number of fused-ring (bicyclic) bond motifs is 1. The lowest BCUT2D eigenvalue weighted by Gasteiger charge is -2.46. The molecule has 1 amide bonds. The van der Waals surface area contributed by atoms with Gasteiger partial charge in [0.1, 0.15) is 27.8 Å². The molecule has 14 heteroatoms. The third kappa shape index (κ3) is 7.20. The average molecular weight is 821 g/mol. The molecule has 1 saturated heterocycles. The minimum atomic E-state index is -2.78. The maximum Gasteiger partial charge on any atom is 0.332 e. The molecule has 2 atom stereocenters. The molecule has 1 saturated carbocycles. The van der Waals surface area contributed by atoms with Crippen molar-refractivity contribution in [2.45, 2.75) is 103 Å². The molecule has 58 heavy (non-hydrogen) atoms. The van der Waals surface area contributed by atoms with Crippen molar-refractivity contribution in [3.8, 4) is 5.00 Å². The monoisotopic (exact) mass is 820 g/mol. The number of rotatable bonds is 11. The van der Waals surface area contributed by atoms with Gasteiger partial charge in [-0.25, -0.2) is 13.8 Å². The smallest absolute Gasteiger partial charge is 0.332 e. The number of halogens is 1. The summed E-state index contributed by atoms with van der Waals surface area (Å²) in [4.78, 5) is 43.7. The Morgan fingerprint density at radius 1 is 0.879 bits per heavy atom. The highest BCUT2D eigenvalue weighted by molar-refractivity contribution is 7.21. The second-order valence-corrected chi connectivity index (χ2v) is 21.7. The van der Waals surface area contributed by atoms with E-state index in [1.807, 2.05) is 19.1 Å². The van der Waals surface area contributed by atoms with E-state index in [1.165, 1.54) is 43.2 Å². The highest BCUT2D eigenvalue weighted by Gasteiger charge is 2.51. The van der Waals surface area contributed by atoms with Gasteiger partial charge < -0.3 is 14.5 Å². The van der Waals surface area contributed by atoms with E-state index in [2.05, 4.69) is 84.8 Å². The van der Waals surface area contributed by atoms with Gasteiger partial charge in [-0.3, -0.25) is 14.2 Å². The fourth-order valence-corrected chi connectivity index (χ4v) is 14.9. The highest BCUT2D eigenvalue weighted by Crippen LogP contribution is 2.40. The molecule has 0 bridgehead atoms. The zero-order valence-electron chi connectivity index (χ0n) is 33.5. The maximum atomic E-state index is 15.1. The number of nitrogens with one attached hydrogen (secondary N) is 1. The van der Waals surface area contributed by atoms with Gasteiger partial charge in [-0.15, -0.1) is 4.80 Å². The van der Waals surface area contributed by atoms with Gasteiger partial charge in [-0.05, 0) is 84.6 Å². The second-order valence-electron chi connectivity index (χ2n) is 16.5. The highest BCUT2D eigenvalue weighted by atomic mass is 32.1. The lowest BCUT2D eigenvalue weighted by atomic mass is 9.94. The van der Waals surface area contributed by atoms with Crippen molar-refractivity contribution in [3.05, 3.63) is 135 Å². The predicted molar refractivity (Wildman–Crippen MR) is 226 cm³/mol. The Bertz CT molecular complexity index is 2500. The molecule has 6 aromatic rings. The summed E-state index contributed by atoms with van der Waals surface area (Å²) in [6.45, 7) is 10.9. The first kappa shape index (κ1) is 39.8. The first-order valence-corrected chi connectivity index (χ1v) is 22.7. The second kappa shape index (κ2) is 16.0. The van der Waals surface area contributed by atoms with Crippen molar-refractivity contribution in [1.29, 1.82) is 0 Å². The van der Waals surface area contributed by atoms with Crippen LogP contribution in [0.5, 0.6) is 0 Å². The summed E-state index contributed by atoms with van der Waals surface area (Å²) in [6.07, 6.45) is 5.35. The molecule has 8 rings (SSSR count). The van der Waals surface area contributed by atoms with Crippen LogP contribution in [0.3, 0.4) is 0 Å². The number of aryl methyl sites for hydroxylation is 2. The van der Waals surface area contributed by atoms with Crippen molar-refractivity contribution >= 4 is 46.2 Å². The quantitative estimate of drug-likeness (QED) is 0.153. The van der Waals surface area contributed by atoms with E-state index in [9.17, 15) is 14.4 Å². The van der Waals surface area contributed by atoms with Crippen LogP contribution in [0, 0.1) is 19.7 Å². The Balaban J connectivity index is 1.14. The lowest BCUT2D eigenvalue weighted by molar-refractivity contribution is -0.122. The van der Waals surface area contributed by atoms with Crippen molar-refractivity contribution in [2.24, 2.45) is 0 Å². The number of aromatic nitrogens is 5. The molecule has 2 fully saturated rings. The van der Waals surface area contributed by atoms with Gasteiger partial charge in [0.15, 0.2) is 0 Å². The van der Waals surface area contributed by atoms with Crippen LogP contribution in [0.25, 0.3) is 15.2 Å². The third-order valence-electron chi connectivity index (χ3n) is 11.8. The van der Waals surface area contributed by atoms with Gasteiger partial charge in [-0.1, -0.05) is 98.8 Å². The number of carbonyl (C=O) groups is 1. The molecule has 0 unspecified atom stereocenters. The summed E-state index contributed by atoms with van der Waals surface area (Å²) in [5.74, 6) is -0.793. The molecule has 1 aliphatic carbocycles. The fraction of sp³-hybridized carbons (Fsp3) is 0.386. The van der Waals surface area contributed by atoms with Crippen molar-refractivity contribution in [2.75, 3.05) is 6.54 Å². The summed E-state index contributed by atoms with van der Waals surface area (Å²) in [7, 11) is -2.78. The lowest BCUT2D eigenvalue weighted by Crippen LogP contribution is -2.67. The Morgan fingerprint density at radius 3 is 2.09 bits per heavy atom. The summed E-state index contributed by atoms with van der Waals surface area (Å²) < 4.78 is 32.2. The molecule has 11 nitrogen and oxygen atoms in total. The standard InChI is InChI=1S/C44H49FN6O5SSi/c1-28-16-17-30(45)26-35(28)37(27-49-42-38(29(2)41(57-42)51-47-24-25-48-51)40(53)50(43(49)54)36-22-23-46-39(36)52)55-31-18-20-32(21-19-31)56-58(44(3,4)5,33-12-8-6-9-13-33)34-14-10-7-11-15-34/h6-17,24-26,31-32,36-37H,18-23,27H2,1-5H3,(H,46,52)/t31?,32?,36-,37+/m1/s1. The molecule has 4 heterocycles. The van der Waals surface area contributed by atoms with Gasteiger partial charge in [0.05, 0.1) is 30.4 Å². The van der Waals surface area contributed by atoms with E-state index in [0.717, 1.165) is 23.0 Å². The van der Waals surface area contributed by atoms with Crippen LogP contribution in [0.2, 0.25) is 5.04 Å². The zero-order valence-corrected chi connectivity index (χ0v) is 35.3. The van der Waals surface area contributed by atoms with Gasteiger partial charge in [0.2, 0.25) is 5.91 Å². The molecule has 2 aliphatic rings. The average Bonchev–Trinajstić information content (AvgIpc) is 3.98. The van der Waals surface area contributed by atoms with Crippen LogP contribution in [-0.4, -0.2) is 57.1 Å². The third-order valence-corrected chi connectivity index (χ3v) is 18.2. The molecule has 0 spiro atoms. The molecule has 1 N–H and O–H groups in total. The largest absolute Gasteiger partial charge is 0.404 e. The first-order chi connectivity index (χ1) is 27.9. The van der Waals surface area contributed by atoms with Crippen molar-refractivity contribution in [3.63, 3.8) is 0 Å². The minimum absolute atomic E-state index is 0.00714. The Labute approximate surface area is 341 Å². The van der Waals surface area contributed by atoms with Crippen LogP contribution in [0.4, 0.5) is 4.39 Å². The summed E-state index contributed by atoms with van der Waals surface area (Å²) in [5.41, 5.74) is 0.867. The molecule has 3 aromatic carbocycles. The number of ether oxygens (including phenoxy) is 1. The van der Waals surface area contributed by atoms with E-state index in [-0.39, 0.29) is 29.7 Å². The SMILES string of the molecule is Cc1ccc(F)cc1[C@H](Cn1c(=O)n([C@@H]2CCNC2=O)c(=O)c2c(C)c(-n3nccn3)sc21)OC1CCC(O[Si](c2ccccc2)(c2ccccc2)C(C)(C)C)CC1. The maximum absolute atomic E-state index is 15.1. The first-order valence-electron chi connectivity index (χ1n) is 20.0. The predicted octanol–water partition coefficient (Wildman–Crippen LogP) is 6.27. The number of nitrogens with zero attached hydrogens (tertiary/aromatic N) is 5. The van der Waals surface area contributed by atoms with Gasteiger partial charge in [0.25, 0.3) is 13.9 Å². The number of carbonyl (C=O) groups excluding carboxylic acids is 1. The molecule has 3 aromatic heterocycles. The normalized spacial score (nSPS) is 19.4. The Morgan fingerprint density at radius 2 is 1.50 bits per heavy atom. The Kier molecular flexibility index (Phi) is 11.0. The van der Waals surface area contributed by atoms with Gasteiger partial charge in [-0.2, -0.15) is 10.2 Å². The number of thiophene rings is 1. The molecular weight excluding hydrogens is 772 g/mol. The van der Waals surface area contributed by atoms with E-state index >= 15 is 4.39 Å². The summed E-state index contributed by atoms with van der Waals surface area (Å²) in [6, 6.07) is 24.9. The van der Waals surface area contributed by atoms with Gasteiger partial charge >= 0.3 is 5.69 Å². The summed E-state index contributed by atoms with van der Waals surface area (Å²) in [5, 5.41) is 14.6. The summed E-state index contributed by atoms with van der Waals surface area (Å²) >= 11 is 1.23. The molecule has 1 aliphatic heterocycles. The Hall–Kier alpha value is -5.02. The van der Waals surface area contributed by atoms with E-state index in [4.69, 9.17) is 9.16 Å². The fourth-order valence-electron chi connectivity index (χ4n) is 8.93. The van der Waals surface area contributed by atoms with Crippen LogP contribution in [0.15, 0.2) is 101 Å². The number of hydrogen-bond donors (Lipinski definition) is 1. The van der Waals surface area contributed by atoms with Crippen molar-refractivity contribution in [1.82, 2.24) is 29.4 Å². The van der Waals surface area contributed by atoms with Crippen LogP contribution in [-0.2, 0) is 20.5 Å². The molecule has 0 radical (unpaired) electrons. The van der Waals surface area contributed by atoms with E-state index in [1.54, 1.807) is 25.4 Å². The van der Waals surface area contributed by atoms with E-state index in [0.29, 0.717) is 52.2 Å².